The predicted octanol–water partition coefficient (Wildman–Crippen LogP) is 3.85. The minimum absolute atomic E-state index is 0.315. The standard InChI is InChI=1S/C14H22N2OS/c1-10(2)13-12(9-17)18-14(15-13)16(3)11-7-5-4-6-8-11/h9-11H,4-8H2,1-3H3. The van der Waals surface area contributed by atoms with Gasteiger partial charge in [-0.15, -0.1) is 0 Å². The van der Waals surface area contributed by atoms with Gasteiger partial charge in [0, 0.05) is 13.1 Å². The number of aromatic nitrogens is 1. The molecule has 0 unspecified atom stereocenters. The number of carbonyl (C=O) groups is 1. The maximum absolute atomic E-state index is 11.1. The van der Waals surface area contributed by atoms with Crippen molar-refractivity contribution >= 4 is 22.8 Å². The van der Waals surface area contributed by atoms with E-state index in [0.717, 1.165) is 22.0 Å². The van der Waals surface area contributed by atoms with Crippen molar-refractivity contribution in [1.29, 1.82) is 0 Å². The van der Waals surface area contributed by atoms with Gasteiger partial charge in [0.2, 0.25) is 0 Å². The van der Waals surface area contributed by atoms with E-state index in [4.69, 9.17) is 0 Å². The number of hydrogen-bond donors (Lipinski definition) is 0. The van der Waals surface area contributed by atoms with Crippen LogP contribution in [-0.2, 0) is 0 Å². The fourth-order valence-corrected chi connectivity index (χ4v) is 3.67. The van der Waals surface area contributed by atoms with Crippen LogP contribution in [0.4, 0.5) is 5.13 Å². The molecule has 1 aliphatic rings. The van der Waals surface area contributed by atoms with E-state index < -0.39 is 0 Å². The molecule has 2 rings (SSSR count). The number of rotatable bonds is 4. The third-order valence-electron chi connectivity index (χ3n) is 3.75. The van der Waals surface area contributed by atoms with Crippen molar-refractivity contribution in [2.24, 2.45) is 0 Å². The highest BCUT2D eigenvalue weighted by atomic mass is 32.1. The van der Waals surface area contributed by atoms with Crippen LogP contribution in [0, 0.1) is 0 Å². The van der Waals surface area contributed by atoms with Gasteiger partial charge in [-0.2, -0.15) is 0 Å². The zero-order valence-electron chi connectivity index (χ0n) is 11.5. The second-order valence-electron chi connectivity index (χ2n) is 5.42. The van der Waals surface area contributed by atoms with Crippen LogP contribution in [0.25, 0.3) is 0 Å². The Labute approximate surface area is 113 Å². The summed E-state index contributed by atoms with van der Waals surface area (Å²) >= 11 is 1.54. The van der Waals surface area contributed by atoms with Gasteiger partial charge >= 0.3 is 0 Å². The van der Waals surface area contributed by atoms with Gasteiger partial charge in [-0.05, 0) is 18.8 Å². The zero-order valence-corrected chi connectivity index (χ0v) is 12.3. The minimum Gasteiger partial charge on any atom is -0.348 e. The monoisotopic (exact) mass is 266 g/mol. The van der Waals surface area contributed by atoms with Crippen molar-refractivity contribution in [1.82, 2.24) is 4.98 Å². The molecule has 100 valence electrons. The van der Waals surface area contributed by atoms with Crippen LogP contribution >= 0.6 is 11.3 Å². The first kappa shape index (κ1) is 13.5. The molecule has 1 heterocycles. The third-order valence-corrected chi connectivity index (χ3v) is 4.83. The number of aldehydes is 1. The molecule has 0 atom stereocenters. The number of anilines is 1. The van der Waals surface area contributed by atoms with Crippen LogP contribution in [-0.4, -0.2) is 24.4 Å². The summed E-state index contributed by atoms with van der Waals surface area (Å²) in [7, 11) is 2.12. The summed E-state index contributed by atoms with van der Waals surface area (Å²) in [5.74, 6) is 0.315. The Balaban J connectivity index is 2.19. The number of carbonyl (C=O) groups excluding carboxylic acids is 1. The SMILES string of the molecule is CC(C)c1nc(N(C)C2CCCCC2)sc1C=O. The van der Waals surface area contributed by atoms with Gasteiger partial charge in [-0.25, -0.2) is 4.98 Å². The molecule has 0 aliphatic heterocycles. The second-order valence-corrected chi connectivity index (χ2v) is 6.43. The van der Waals surface area contributed by atoms with Crippen LogP contribution in [0.15, 0.2) is 0 Å². The fourth-order valence-electron chi connectivity index (χ4n) is 2.61. The highest BCUT2D eigenvalue weighted by molar-refractivity contribution is 7.17. The molecule has 1 fully saturated rings. The molecular weight excluding hydrogens is 244 g/mol. The predicted molar refractivity (Wildman–Crippen MR) is 76.9 cm³/mol. The lowest BCUT2D eigenvalue weighted by molar-refractivity contribution is 0.112. The summed E-state index contributed by atoms with van der Waals surface area (Å²) in [6, 6.07) is 0.601. The molecule has 0 radical (unpaired) electrons. The zero-order chi connectivity index (χ0) is 13.1. The summed E-state index contributed by atoms with van der Waals surface area (Å²) in [5.41, 5.74) is 0.952. The maximum atomic E-state index is 11.1. The second kappa shape index (κ2) is 5.83. The quantitative estimate of drug-likeness (QED) is 0.776. The van der Waals surface area contributed by atoms with E-state index in [1.54, 1.807) is 0 Å². The van der Waals surface area contributed by atoms with Gasteiger partial charge in [-0.1, -0.05) is 44.4 Å². The molecule has 0 spiro atoms. The van der Waals surface area contributed by atoms with Crippen LogP contribution in [0.5, 0.6) is 0 Å². The Morgan fingerprint density at radius 1 is 1.33 bits per heavy atom. The molecule has 4 heteroatoms. The summed E-state index contributed by atoms with van der Waals surface area (Å²) < 4.78 is 0. The van der Waals surface area contributed by atoms with E-state index in [1.165, 1.54) is 43.4 Å². The van der Waals surface area contributed by atoms with E-state index in [9.17, 15) is 4.79 Å². The minimum atomic E-state index is 0.315. The van der Waals surface area contributed by atoms with E-state index in [0.29, 0.717) is 12.0 Å². The molecule has 1 aromatic rings. The average molecular weight is 266 g/mol. The van der Waals surface area contributed by atoms with Gasteiger partial charge in [0.15, 0.2) is 11.4 Å². The largest absolute Gasteiger partial charge is 0.348 e. The van der Waals surface area contributed by atoms with Crippen LogP contribution in [0.3, 0.4) is 0 Å². The average Bonchev–Trinajstić information content (AvgIpc) is 2.83. The van der Waals surface area contributed by atoms with Crippen LogP contribution in [0.1, 0.15) is 67.2 Å². The smallest absolute Gasteiger partial charge is 0.186 e. The van der Waals surface area contributed by atoms with Crippen molar-refractivity contribution in [2.75, 3.05) is 11.9 Å². The molecule has 0 aromatic carbocycles. The first-order valence-electron chi connectivity index (χ1n) is 6.82. The Bertz CT molecular complexity index is 408. The Hall–Kier alpha value is -0.900. The van der Waals surface area contributed by atoms with E-state index in [2.05, 4.69) is 30.8 Å². The summed E-state index contributed by atoms with van der Waals surface area (Å²) in [6.45, 7) is 4.18. The van der Waals surface area contributed by atoms with E-state index in [1.807, 2.05) is 0 Å². The van der Waals surface area contributed by atoms with Gasteiger partial charge in [0.25, 0.3) is 0 Å². The maximum Gasteiger partial charge on any atom is 0.186 e. The molecule has 0 bridgehead atoms. The number of hydrogen-bond acceptors (Lipinski definition) is 4. The van der Waals surface area contributed by atoms with Crippen LogP contribution < -0.4 is 4.90 Å². The molecular formula is C14H22N2OS. The Morgan fingerprint density at radius 2 is 2.00 bits per heavy atom. The number of thiazole rings is 1. The molecule has 18 heavy (non-hydrogen) atoms. The summed E-state index contributed by atoms with van der Waals surface area (Å²) in [5, 5.41) is 1.01. The van der Waals surface area contributed by atoms with E-state index >= 15 is 0 Å². The molecule has 1 aromatic heterocycles. The van der Waals surface area contributed by atoms with Crippen molar-refractivity contribution in [3.63, 3.8) is 0 Å². The van der Waals surface area contributed by atoms with Crippen LogP contribution in [0.2, 0.25) is 0 Å². The van der Waals surface area contributed by atoms with Gasteiger partial charge in [0.1, 0.15) is 0 Å². The molecule has 1 aliphatic carbocycles. The van der Waals surface area contributed by atoms with Crippen molar-refractivity contribution in [3.05, 3.63) is 10.6 Å². The van der Waals surface area contributed by atoms with Gasteiger partial charge in [-0.3, -0.25) is 4.79 Å². The first-order valence-corrected chi connectivity index (χ1v) is 7.64. The highest BCUT2D eigenvalue weighted by Crippen LogP contribution is 2.32. The van der Waals surface area contributed by atoms with Crippen molar-refractivity contribution < 1.29 is 4.79 Å². The molecule has 0 saturated heterocycles. The Kier molecular flexibility index (Phi) is 4.38. The topological polar surface area (TPSA) is 33.2 Å². The van der Waals surface area contributed by atoms with Crippen molar-refractivity contribution in [3.8, 4) is 0 Å². The normalized spacial score (nSPS) is 17.1. The molecule has 3 nitrogen and oxygen atoms in total. The fraction of sp³-hybridized carbons (Fsp3) is 0.714. The lowest BCUT2D eigenvalue weighted by Gasteiger charge is -2.30. The summed E-state index contributed by atoms with van der Waals surface area (Å²) in [4.78, 5) is 18.8. The van der Waals surface area contributed by atoms with Gasteiger partial charge < -0.3 is 4.90 Å². The Morgan fingerprint density at radius 3 is 2.50 bits per heavy atom. The van der Waals surface area contributed by atoms with Crippen molar-refractivity contribution in [2.45, 2.75) is 57.9 Å². The molecule has 1 saturated carbocycles. The third kappa shape index (κ3) is 2.74. The van der Waals surface area contributed by atoms with E-state index in [-0.39, 0.29) is 0 Å². The lowest BCUT2D eigenvalue weighted by atomic mass is 9.95. The first-order chi connectivity index (χ1) is 8.63. The molecule has 0 N–H and O–H groups in total. The highest BCUT2D eigenvalue weighted by Gasteiger charge is 2.22. The number of nitrogens with zero attached hydrogens (tertiary/aromatic N) is 2. The van der Waals surface area contributed by atoms with Gasteiger partial charge in [0.05, 0.1) is 10.6 Å². The molecule has 0 amide bonds. The lowest BCUT2D eigenvalue weighted by Crippen LogP contribution is -2.33. The summed E-state index contributed by atoms with van der Waals surface area (Å²) in [6.07, 6.45) is 7.45.